The first-order chi connectivity index (χ1) is 42.7. The topological polar surface area (TPSA) is 325 Å². The monoisotopic (exact) mass is 1320 g/mol. The highest BCUT2D eigenvalue weighted by Gasteiger charge is 2.48. The Hall–Kier alpha value is -6.86. The first-order valence-electron chi connectivity index (χ1n) is 33.0. The molecule has 0 aliphatic carbocycles. The summed E-state index contributed by atoms with van der Waals surface area (Å²) in [6, 6.07) is -13.7. The second kappa shape index (κ2) is 37.3. The molecule has 0 aromatic heterocycles. The van der Waals surface area contributed by atoms with E-state index in [4.69, 9.17) is 4.74 Å². The molecule has 1 heterocycles. The normalized spacial score (nSPS) is 26.5. The van der Waals surface area contributed by atoms with Gasteiger partial charge < -0.3 is 65.6 Å². The van der Waals surface area contributed by atoms with Crippen molar-refractivity contribution in [3.63, 3.8) is 0 Å². The molecule has 11 amide bonds. The molecule has 26 heteroatoms. The van der Waals surface area contributed by atoms with Gasteiger partial charge in [-0.25, -0.2) is 9.59 Å². The fourth-order valence-electron chi connectivity index (χ4n) is 11.6. The second-order valence-electron chi connectivity index (χ2n) is 29.1. The van der Waals surface area contributed by atoms with E-state index in [0.717, 1.165) is 24.5 Å². The number of aliphatic hydroxyl groups is 1. The molecule has 6 N–H and O–H groups in total. The van der Waals surface area contributed by atoms with Gasteiger partial charge in [-0.05, 0) is 128 Å². The zero-order chi connectivity index (χ0) is 72.3. The minimum atomic E-state index is -1.88. The van der Waals surface area contributed by atoms with Crippen LogP contribution in [-0.2, 0) is 57.5 Å². The lowest BCUT2D eigenvalue weighted by molar-refractivity contribution is -0.172. The Labute approximate surface area is 554 Å². The number of nitrogens with one attached hydrogen (secondary N) is 4. The summed E-state index contributed by atoms with van der Waals surface area (Å²) >= 11 is 0. The third-order valence-electron chi connectivity index (χ3n) is 16.9. The molecule has 1 rings (SSSR count). The van der Waals surface area contributed by atoms with Crippen molar-refractivity contribution in [3.05, 3.63) is 12.2 Å². The van der Waals surface area contributed by atoms with Crippen LogP contribution < -0.4 is 21.3 Å². The van der Waals surface area contributed by atoms with Gasteiger partial charge >= 0.3 is 12.1 Å². The lowest BCUT2D eigenvalue weighted by Crippen LogP contribution is -2.64. The summed E-state index contributed by atoms with van der Waals surface area (Å²) in [7, 11) is 8.02. The molecule has 0 bridgehead atoms. The van der Waals surface area contributed by atoms with Crippen LogP contribution >= 0.6 is 0 Å². The van der Waals surface area contributed by atoms with E-state index >= 15 is 19.2 Å². The number of carbonyl (C=O) groups is 12. The van der Waals surface area contributed by atoms with Gasteiger partial charge in [0.05, 0.1) is 12.6 Å². The maximum absolute atomic E-state index is 15.3. The van der Waals surface area contributed by atoms with Crippen LogP contribution in [0.15, 0.2) is 12.2 Å². The summed E-state index contributed by atoms with van der Waals surface area (Å²) in [5, 5.41) is 34.2. The molecule has 1 saturated heterocycles. The van der Waals surface area contributed by atoms with Crippen molar-refractivity contribution < 1.29 is 72.5 Å². The third kappa shape index (κ3) is 24.5. The van der Waals surface area contributed by atoms with Crippen molar-refractivity contribution >= 4 is 71.1 Å². The van der Waals surface area contributed by atoms with E-state index in [1.165, 1.54) is 93.6 Å². The Kier molecular flexibility index (Phi) is 33.7. The van der Waals surface area contributed by atoms with Gasteiger partial charge in [0.15, 0.2) is 12.1 Å². The number of ether oxygens (including phenoxy) is 1. The van der Waals surface area contributed by atoms with Crippen LogP contribution in [0.5, 0.6) is 0 Å². The highest BCUT2D eigenvalue weighted by molar-refractivity contribution is 5.99. The van der Waals surface area contributed by atoms with Crippen LogP contribution in [0.2, 0.25) is 0 Å². The van der Waals surface area contributed by atoms with E-state index in [1.54, 1.807) is 39.8 Å². The van der Waals surface area contributed by atoms with Crippen molar-refractivity contribution in [2.45, 2.75) is 255 Å². The molecule has 13 atom stereocenters. The largest absolute Gasteiger partial charge is 0.465 e. The Morgan fingerprint density at radius 2 is 0.925 bits per heavy atom. The summed E-state index contributed by atoms with van der Waals surface area (Å²) in [5.41, 5.74) is -1.38. The quantitative estimate of drug-likeness (QED) is 0.0916. The number of hydrogen-bond acceptors (Lipinski definition) is 14. The van der Waals surface area contributed by atoms with Gasteiger partial charge in [-0.2, -0.15) is 0 Å². The van der Waals surface area contributed by atoms with Crippen LogP contribution in [0.1, 0.15) is 177 Å². The van der Waals surface area contributed by atoms with Crippen molar-refractivity contribution in [1.29, 1.82) is 0 Å². The van der Waals surface area contributed by atoms with Gasteiger partial charge in [0.2, 0.25) is 59.1 Å². The molecule has 0 aromatic rings. The molecule has 0 saturated carbocycles. The highest BCUT2D eigenvalue weighted by atomic mass is 16.5. The molecule has 1 aliphatic rings. The van der Waals surface area contributed by atoms with Gasteiger partial charge in [0, 0.05) is 47.8 Å². The maximum Gasteiger partial charge on any atom is 0.408 e. The number of amides is 11. The predicted molar refractivity (Wildman–Crippen MR) is 355 cm³/mol. The summed E-state index contributed by atoms with van der Waals surface area (Å²) < 4.78 is 6.09. The lowest BCUT2D eigenvalue weighted by atomic mass is 9.92. The molecule has 0 aromatic carbocycles. The van der Waals surface area contributed by atoms with E-state index in [-0.39, 0.29) is 68.1 Å². The van der Waals surface area contributed by atoms with Crippen molar-refractivity contribution in [3.8, 4) is 0 Å². The smallest absolute Gasteiger partial charge is 0.408 e. The maximum atomic E-state index is 15.3. The summed E-state index contributed by atoms with van der Waals surface area (Å²) in [6.45, 7) is 32.9. The van der Waals surface area contributed by atoms with E-state index < -0.39 is 168 Å². The van der Waals surface area contributed by atoms with Gasteiger partial charge in [0.25, 0.3) is 0 Å². The Balaban J connectivity index is 4.52. The average molecular weight is 1320 g/mol. The van der Waals surface area contributed by atoms with Crippen LogP contribution in [0, 0.1) is 41.4 Å². The van der Waals surface area contributed by atoms with Crippen LogP contribution in [0.25, 0.3) is 0 Å². The highest BCUT2D eigenvalue weighted by Crippen LogP contribution is 2.28. The number of nitrogens with zero attached hydrogens (tertiary/aromatic N) is 7. The zero-order valence-corrected chi connectivity index (χ0v) is 60.9. The number of carbonyl (C=O) groups excluding carboxylic acids is 11. The van der Waals surface area contributed by atoms with Crippen LogP contribution in [-0.4, -0.2) is 243 Å². The minimum Gasteiger partial charge on any atom is -0.465 e. The van der Waals surface area contributed by atoms with E-state index in [1.807, 2.05) is 69.2 Å². The molecule has 0 unspecified atom stereocenters. The Morgan fingerprint density at radius 3 is 1.32 bits per heavy atom. The number of aliphatic hydroxyl groups excluding tert-OH is 1. The average Bonchev–Trinajstić information content (AvgIpc) is 0.803. The number of esters is 1. The van der Waals surface area contributed by atoms with E-state index in [2.05, 4.69) is 21.3 Å². The zero-order valence-electron chi connectivity index (χ0n) is 60.9. The standard InChI is InChI=1S/C67H119N11O15/c1-27-28-29-42(14)55(80)54-65(90)93-45(17)53(78(66(91)92)67(18,19)20)63(88)72(21)35-51(79)73(22)48(32-38(6)7)58(83)70-46(30-36(2)3)61(86)75(24)49(33-39(8)9)57(82)68-43(15)56(81)69-44(16)60(85)74(23)50(34-40(10)11)59(84)71-47(31-37(4)5)62(87)76(25)52(41(12)13)64(89)77(54)26/h27-28,36-50,52-55,80H,29-35H2,1-26H3,(H,68,82)(H,69,81)(H,70,83)(H,71,84)(H,91,92)/b28-27+/t42-,43+,44-,45-,46+,47+,48+,49+,50+,52+,53+,54+,55-/m1/s1. The SMILES string of the molecule is C/C=C/C[C@@H](C)[C@@H](O)[C@H]1C(=O)O[C@H](C)[C@H](N(C(=O)O)C(C)(C)C)C(=O)N(C)CC(=O)N(C)[C@@H](CC(C)C)C(=O)N[C@@H](CC(C)C)C(=O)N(C)[C@@H](CC(C)C)C(=O)N[C@@H](C)C(=O)N[C@H](C)C(=O)N(C)[C@@H](CC(C)C)C(=O)N[C@@H](CC(C)C)C(=O)N(C)[C@@H](C(C)C)C(=O)N1C. The number of carboxylic acid groups (broad SMARTS) is 1. The Morgan fingerprint density at radius 1 is 0.538 bits per heavy atom. The first-order valence-corrected chi connectivity index (χ1v) is 33.0. The van der Waals surface area contributed by atoms with Gasteiger partial charge in [0.1, 0.15) is 54.4 Å². The number of likely N-dealkylation sites (N-methyl/N-ethyl adjacent to an activating group) is 6. The fourth-order valence-corrected chi connectivity index (χ4v) is 11.6. The number of hydrogen-bond donors (Lipinski definition) is 6. The van der Waals surface area contributed by atoms with Crippen molar-refractivity contribution in [2.24, 2.45) is 41.4 Å². The first kappa shape index (κ1) is 84.2. The molecular formula is C67H119N11O15. The molecule has 0 spiro atoms. The molecular weight excluding hydrogens is 1200 g/mol. The minimum absolute atomic E-state index is 0.0669. The molecule has 0 radical (unpaired) electrons. The van der Waals surface area contributed by atoms with Gasteiger partial charge in [-0.3, -0.25) is 52.8 Å². The van der Waals surface area contributed by atoms with Crippen LogP contribution in [0.4, 0.5) is 4.79 Å². The summed E-state index contributed by atoms with van der Waals surface area (Å²) in [4.78, 5) is 183. The molecule has 532 valence electrons. The molecule has 1 fully saturated rings. The second-order valence-corrected chi connectivity index (χ2v) is 29.1. The van der Waals surface area contributed by atoms with Gasteiger partial charge in [-0.15, -0.1) is 0 Å². The summed E-state index contributed by atoms with van der Waals surface area (Å²) in [5.74, 6) is -11.2. The van der Waals surface area contributed by atoms with Crippen molar-refractivity contribution in [2.75, 3.05) is 48.8 Å². The molecule has 93 heavy (non-hydrogen) atoms. The molecule has 26 nitrogen and oxygen atoms in total. The summed E-state index contributed by atoms with van der Waals surface area (Å²) in [6.07, 6.45) is -0.804. The molecule has 1 aliphatic heterocycles. The van der Waals surface area contributed by atoms with Crippen molar-refractivity contribution in [1.82, 2.24) is 55.6 Å². The number of cyclic esters (lactones) is 1. The van der Waals surface area contributed by atoms with E-state index in [0.29, 0.717) is 0 Å². The number of rotatable bonds is 16. The van der Waals surface area contributed by atoms with E-state index in [9.17, 15) is 48.6 Å². The predicted octanol–water partition coefficient (Wildman–Crippen LogP) is 4.50. The fraction of sp³-hybridized carbons (Fsp3) is 0.791. The van der Waals surface area contributed by atoms with Crippen LogP contribution in [0.3, 0.4) is 0 Å². The lowest BCUT2D eigenvalue weighted by Gasteiger charge is -2.43. The van der Waals surface area contributed by atoms with Gasteiger partial charge in [-0.1, -0.05) is 102 Å². The third-order valence-corrected chi connectivity index (χ3v) is 16.9. The Bertz CT molecular complexity index is 2600. The number of allylic oxidation sites excluding steroid dienone is 2.